The van der Waals surface area contributed by atoms with Crippen LogP contribution in [0, 0.1) is 0 Å². The van der Waals surface area contributed by atoms with E-state index in [-0.39, 0.29) is 19.6 Å². The number of amides is 1. The smallest absolute Gasteiger partial charge is 0.337 e. The molecule has 0 bridgehead atoms. The molecule has 0 saturated heterocycles. The summed E-state index contributed by atoms with van der Waals surface area (Å²) in [7, 11) is 1.31. The van der Waals surface area contributed by atoms with Crippen LogP contribution in [-0.4, -0.2) is 31.6 Å². The number of hydrogen-bond donors (Lipinski definition) is 1. The minimum Gasteiger partial charge on any atom is -0.465 e. The molecular formula is C19H18BrNO5. The molecule has 0 unspecified atom stereocenters. The van der Waals surface area contributed by atoms with E-state index in [1.807, 2.05) is 24.3 Å². The van der Waals surface area contributed by atoms with Crippen molar-refractivity contribution in [2.75, 3.05) is 13.7 Å². The number of rotatable bonds is 7. The van der Waals surface area contributed by atoms with Gasteiger partial charge in [-0.15, -0.1) is 0 Å². The fourth-order valence-electron chi connectivity index (χ4n) is 2.09. The van der Waals surface area contributed by atoms with Crippen LogP contribution in [0.5, 0.6) is 0 Å². The van der Waals surface area contributed by atoms with Crippen molar-refractivity contribution in [2.24, 2.45) is 0 Å². The minimum atomic E-state index is -0.468. The van der Waals surface area contributed by atoms with Crippen LogP contribution in [0.4, 0.5) is 0 Å². The van der Waals surface area contributed by atoms with Gasteiger partial charge in [-0.1, -0.05) is 40.2 Å². The highest BCUT2D eigenvalue weighted by Crippen LogP contribution is 2.11. The first kappa shape index (κ1) is 19.7. The van der Waals surface area contributed by atoms with Crippen LogP contribution in [0.2, 0.25) is 0 Å². The van der Waals surface area contributed by atoms with Gasteiger partial charge in [-0.2, -0.15) is 0 Å². The molecule has 2 rings (SSSR count). The van der Waals surface area contributed by atoms with Gasteiger partial charge in [-0.05, 0) is 35.4 Å². The Morgan fingerprint density at radius 2 is 1.58 bits per heavy atom. The largest absolute Gasteiger partial charge is 0.465 e. The molecule has 0 fully saturated rings. The number of carbonyl (C=O) groups is 3. The average molecular weight is 420 g/mol. The summed E-state index contributed by atoms with van der Waals surface area (Å²) >= 11 is 3.32. The second-order valence-corrected chi connectivity index (χ2v) is 6.34. The van der Waals surface area contributed by atoms with Gasteiger partial charge in [0.2, 0.25) is 0 Å². The maximum atomic E-state index is 11.8. The standard InChI is InChI=1S/C19H18BrNO5/c1-25-19(24)15-6-2-14(3-7-15)11-21-17(22)12-26-18(23)10-13-4-8-16(20)9-5-13/h2-9H,10-12H2,1H3,(H,21,22). The number of halogens is 1. The summed E-state index contributed by atoms with van der Waals surface area (Å²) in [4.78, 5) is 34.9. The van der Waals surface area contributed by atoms with E-state index in [4.69, 9.17) is 4.74 Å². The summed E-state index contributed by atoms with van der Waals surface area (Å²) in [6, 6.07) is 13.9. The molecule has 26 heavy (non-hydrogen) atoms. The molecule has 0 radical (unpaired) electrons. The fraction of sp³-hybridized carbons (Fsp3) is 0.211. The SMILES string of the molecule is COC(=O)c1ccc(CNC(=O)COC(=O)Cc2ccc(Br)cc2)cc1. The van der Waals surface area contributed by atoms with E-state index in [1.165, 1.54) is 7.11 Å². The topological polar surface area (TPSA) is 81.7 Å². The monoisotopic (exact) mass is 419 g/mol. The lowest BCUT2D eigenvalue weighted by Gasteiger charge is -2.07. The summed E-state index contributed by atoms with van der Waals surface area (Å²) < 4.78 is 10.5. The van der Waals surface area contributed by atoms with Crippen LogP contribution in [0.25, 0.3) is 0 Å². The molecule has 7 heteroatoms. The molecule has 136 valence electrons. The van der Waals surface area contributed by atoms with Gasteiger partial charge < -0.3 is 14.8 Å². The van der Waals surface area contributed by atoms with Crippen LogP contribution in [0.15, 0.2) is 53.0 Å². The third-order valence-corrected chi connectivity index (χ3v) is 4.02. The summed E-state index contributed by atoms with van der Waals surface area (Å²) in [5.74, 6) is -1.28. The third-order valence-electron chi connectivity index (χ3n) is 3.49. The lowest BCUT2D eigenvalue weighted by atomic mass is 10.1. The number of esters is 2. The normalized spacial score (nSPS) is 10.1. The van der Waals surface area contributed by atoms with Crippen molar-refractivity contribution in [3.05, 3.63) is 69.7 Å². The van der Waals surface area contributed by atoms with Crippen LogP contribution in [0.1, 0.15) is 21.5 Å². The second kappa shape index (κ2) is 9.72. The molecular weight excluding hydrogens is 402 g/mol. The lowest BCUT2D eigenvalue weighted by Crippen LogP contribution is -2.28. The number of benzene rings is 2. The van der Waals surface area contributed by atoms with E-state index in [0.717, 1.165) is 15.6 Å². The second-order valence-electron chi connectivity index (χ2n) is 5.43. The predicted molar refractivity (Wildman–Crippen MR) is 98.4 cm³/mol. The Labute approximate surface area is 159 Å². The maximum absolute atomic E-state index is 11.8. The molecule has 0 atom stereocenters. The van der Waals surface area contributed by atoms with Gasteiger partial charge in [0.1, 0.15) is 0 Å². The fourth-order valence-corrected chi connectivity index (χ4v) is 2.36. The highest BCUT2D eigenvalue weighted by Gasteiger charge is 2.09. The average Bonchev–Trinajstić information content (AvgIpc) is 2.66. The zero-order valence-corrected chi connectivity index (χ0v) is 15.7. The molecule has 0 aromatic heterocycles. The van der Waals surface area contributed by atoms with Gasteiger partial charge >= 0.3 is 11.9 Å². The molecule has 1 amide bonds. The molecule has 0 heterocycles. The van der Waals surface area contributed by atoms with Gasteiger partial charge in [0.05, 0.1) is 19.1 Å². The Morgan fingerprint density at radius 1 is 0.962 bits per heavy atom. The molecule has 0 aliphatic heterocycles. The van der Waals surface area contributed by atoms with E-state index in [1.54, 1.807) is 24.3 Å². The Bertz CT molecular complexity index is 772. The minimum absolute atomic E-state index is 0.107. The van der Waals surface area contributed by atoms with Gasteiger partial charge in [0.25, 0.3) is 5.91 Å². The molecule has 0 saturated carbocycles. The Balaban J connectivity index is 1.72. The number of ether oxygens (including phenoxy) is 2. The predicted octanol–water partition coefficient (Wildman–Crippen LogP) is 2.64. The Morgan fingerprint density at radius 3 is 2.19 bits per heavy atom. The zero-order chi connectivity index (χ0) is 18.9. The Kier molecular flexibility index (Phi) is 7.35. The van der Waals surface area contributed by atoms with Gasteiger partial charge in [0.15, 0.2) is 6.61 Å². The first-order valence-corrected chi connectivity index (χ1v) is 8.61. The van der Waals surface area contributed by atoms with Crippen LogP contribution in [-0.2, 0) is 32.0 Å². The molecule has 6 nitrogen and oxygen atoms in total. The number of hydrogen-bond acceptors (Lipinski definition) is 5. The van der Waals surface area contributed by atoms with Crippen molar-refractivity contribution < 1.29 is 23.9 Å². The first-order valence-electron chi connectivity index (χ1n) is 7.82. The molecule has 2 aromatic carbocycles. The lowest BCUT2D eigenvalue weighted by molar-refractivity contribution is -0.147. The first-order chi connectivity index (χ1) is 12.5. The molecule has 0 aliphatic rings. The third kappa shape index (κ3) is 6.33. The number of methoxy groups -OCH3 is 1. The van der Waals surface area contributed by atoms with Gasteiger partial charge in [-0.25, -0.2) is 4.79 Å². The van der Waals surface area contributed by atoms with Gasteiger partial charge in [-0.3, -0.25) is 9.59 Å². The molecule has 1 N–H and O–H groups in total. The zero-order valence-electron chi connectivity index (χ0n) is 14.2. The summed E-state index contributed by atoms with van der Waals surface area (Å²) in [5.41, 5.74) is 2.06. The van der Waals surface area contributed by atoms with E-state index in [2.05, 4.69) is 26.0 Å². The van der Waals surface area contributed by atoms with Crippen molar-refractivity contribution in [1.29, 1.82) is 0 Å². The highest BCUT2D eigenvalue weighted by molar-refractivity contribution is 9.10. The summed E-state index contributed by atoms with van der Waals surface area (Å²) in [6.45, 7) is -0.0693. The van der Waals surface area contributed by atoms with E-state index in [0.29, 0.717) is 5.56 Å². The molecule has 0 aliphatic carbocycles. The highest BCUT2D eigenvalue weighted by atomic mass is 79.9. The van der Waals surface area contributed by atoms with Crippen molar-refractivity contribution in [3.63, 3.8) is 0 Å². The van der Waals surface area contributed by atoms with Crippen molar-refractivity contribution in [2.45, 2.75) is 13.0 Å². The van der Waals surface area contributed by atoms with Crippen molar-refractivity contribution in [3.8, 4) is 0 Å². The molecule has 2 aromatic rings. The number of carbonyl (C=O) groups excluding carboxylic acids is 3. The Hall–Kier alpha value is -2.67. The van der Waals surface area contributed by atoms with E-state index < -0.39 is 17.8 Å². The van der Waals surface area contributed by atoms with Crippen molar-refractivity contribution in [1.82, 2.24) is 5.32 Å². The van der Waals surface area contributed by atoms with Crippen molar-refractivity contribution >= 4 is 33.8 Å². The number of nitrogens with one attached hydrogen (secondary N) is 1. The maximum Gasteiger partial charge on any atom is 0.337 e. The summed E-state index contributed by atoms with van der Waals surface area (Å²) in [6.07, 6.45) is 0.107. The molecule has 0 spiro atoms. The van der Waals surface area contributed by atoms with E-state index in [9.17, 15) is 14.4 Å². The van der Waals surface area contributed by atoms with Crippen LogP contribution in [0.3, 0.4) is 0 Å². The van der Waals surface area contributed by atoms with Crippen LogP contribution < -0.4 is 5.32 Å². The van der Waals surface area contributed by atoms with Gasteiger partial charge in [0, 0.05) is 11.0 Å². The van der Waals surface area contributed by atoms with Crippen LogP contribution >= 0.6 is 15.9 Å². The summed E-state index contributed by atoms with van der Waals surface area (Å²) in [5, 5.41) is 2.65. The van der Waals surface area contributed by atoms with E-state index >= 15 is 0 Å². The quantitative estimate of drug-likeness (QED) is 0.697.